The second kappa shape index (κ2) is 5.60. The van der Waals surface area contributed by atoms with Crippen molar-refractivity contribution in [3.63, 3.8) is 0 Å². The van der Waals surface area contributed by atoms with Crippen LogP contribution in [0.4, 0.5) is 10.5 Å². The molecule has 6 nitrogen and oxygen atoms in total. The summed E-state index contributed by atoms with van der Waals surface area (Å²) in [7, 11) is 0. The summed E-state index contributed by atoms with van der Waals surface area (Å²) < 4.78 is 5.08. The van der Waals surface area contributed by atoms with E-state index in [0.29, 0.717) is 5.56 Å². The molecule has 0 bridgehead atoms. The number of hydrogen-bond donors (Lipinski definition) is 4. The number of rotatable bonds is 3. The summed E-state index contributed by atoms with van der Waals surface area (Å²) in [6, 6.07) is 4.67. The molecule has 5 N–H and O–H groups in total. The number of nitrogens with one attached hydrogen (secondary N) is 2. The van der Waals surface area contributed by atoms with Crippen molar-refractivity contribution in [1.82, 2.24) is 0 Å². The maximum absolute atomic E-state index is 11.5. The lowest BCUT2D eigenvalue weighted by Crippen LogP contribution is -2.27. The summed E-state index contributed by atoms with van der Waals surface area (Å²) in [6.07, 6.45) is -0.387. The summed E-state index contributed by atoms with van der Waals surface area (Å²) in [5.74, 6) is -0.0862. The average Bonchev–Trinajstić information content (AvgIpc) is 2.18. The zero-order valence-electron chi connectivity index (χ0n) is 11.3. The van der Waals surface area contributed by atoms with E-state index in [0.717, 1.165) is 0 Å². The molecule has 0 unspecified atom stereocenters. The number of phenols is 1. The number of carbonyl (C=O) groups is 1. The van der Waals surface area contributed by atoms with Gasteiger partial charge in [0.05, 0.1) is 11.5 Å². The summed E-state index contributed by atoms with van der Waals surface area (Å²) in [5.41, 5.74) is 5.62. The minimum atomic E-state index is -0.637. The van der Waals surface area contributed by atoms with E-state index < -0.39 is 11.7 Å². The van der Waals surface area contributed by atoms with Crippen LogP contribution >= 0.6 is 0 Å². The van der Waals surface area contributed by atoms with Crippen LogP contribution in [0.1, 0.15) is 26.3 Å². The number of nitrogens with two attached hydrogens (primary N) is 1. The number of ether oxygens (including phenoxy) is 1. The van der Waals surface area contributed by atoms with Crippen molar-refractivity contribution >= 4 is 17.6 Å². The maximum Gasteiger partial charge on any atom is 0.412 e. The predicted molar refractivity (Wildman–Crippen MR) is 73.6 cm³/mol. The molecule has 0 radical (unpaired) electrons. The highest BCUT2D eigenvalue weighted by atomic mass is 16.6. The van der Waals surface area contributed by atoms with E-state index in [-0.39, 0.29) is 23.7 Å². The molecule has 0 saturated carbocycles. The molecule has 0 spiro atoms. The van der Waals surface area contributed by atoms with Crippen molar-refractivity contribution < 1.29 is 14.6 Å². The Kier molecular flexibility index (Phi) is 4.37. The number of carbonyl (C=O) groups excluding carboxylic acids is 1. The molecule has 0 aromatic heterocycles. The highest BCUT2D eigenvalue weighted by molar-refractivity contribution is 5.87. The summed E-state index contributed by atoms with van der Waals surface area (Å²) in [5, 5.41) is 19.4. The van der Waals surface area contributed by atoms with Crippen LogP contribution in [0.5, 0.6) is 5.75 Å². The lowest BCUT2D eigenvalue weighted by molar-refractivity contribution is 0.0635. The van der Waals surface area contributed by atoms with Crippen molar-refractivity contribution in [3.05, 3.63) is 23.8 Å². The first-order valence-electron chi connectivity index (χ1n) is 5.82. The van der Waals surface area contributed by atoms with Crippen LogP contribution in [0.15, 0.2) is 18.2 Å². The Bertz CT molecular complexity index is 492. The van der Waals surface area contributed by atoms with E-state index in [1.807, 2.05) is 0 Å². The van der Waals surface area contributed by atoms with Crippen LogP contribution < -0.4 is 11.1 Å². The highest BCUT2D eigenvalue weighted by Crippen LogP contribution is 2.25. The van der Waals surface area contributed by atoms with Crippen molar-refractivity contribution in [3.8, 4) is 5.75 Å². The third-order valence-electron chi connectivity index (χ3n) is 2.09. The molecule has 0 aliphatic heterocycles. The van der Waals surface area contributed by atoms with Gasteiger partial charge in [-0.15, -0.1) is 0 Å². The number of benzene rings is 1. The fraction of sp³-hybridized carbons (Fsp3) is 0.385. The summed E-state index contributed by atoms with van der Waals surface area (Å²) in [6.45, 7) is 5.26. The molecule has 0 heterocycles. The minimum absolute atomic E-state index is 0.00671. The van der Waals surface area contributed by atoms with E-state index in [2.05, 4.69) is 5.32 Å². The minimum Gasteiger partial charge on any atom is -0.506 e. The standard InChI is InChI=1S/C13H19N3O3/c1-13(2,3)19-12(18)16-9-5-4-8(6-10(9)17)7-11(14)15/h4-6,17H,7H2,1-3H3,(H3,14,15)(H,16,18). The zero-order valence-corrected chi connectivity index (χ0v) is 11.3. The Morgan fingerprint density at radius 3 is 2.58 bits per heavy atom. The Morgan fingerprint density at radius 2 is 2.11 bits per heavy atom. The van der Waals surface area contributed by atoms with Gasteiger partial charge in [0, 0.05) is 6.42 Å². The number of aromatic hydroxyl groups is 1. The molecule has 0 saturated heterocycles. The zero-order chi connectivity index (χ0) is 14.6. The normalized spacial score (nSPS) is 10.9. The Morgan fingerprint density at radius 1 is 1.47 bits per heavy atom. The molecule has 0 fully saturated rings. The number of amidine groups is 1. The van der Waals surface area contributed by atoms with E-state index >= 15 is 0 Å². The first-order chi connectivity index (χ1) is 8.67. The Labute approximate surface area is 112 Å². The van der Waals surface area contributed by atoms with Crippen molar-refractivity contribution in [1.29, 1.82) is 5.41 Å². The third kappa shape index (κ3) is 5.29. The van der Waals surface area contributed by atoms with Gasteiger partial charge >= 0.3 is 6.09 Å². The number of hydrogen-bond acceptors (Lipinski definition) is 4. The largest absolute Gasteiger partial charge is 0.506 e. The predicted octanol–water partition coefficient (Wildman–Crippen LogP) is 2.22. The van der Waals surface area contributed by atoms with Crippen LogP contribution in [0.2, 0.25) is 0 Å². The van der Waals surface area contributed by atoms with Gasteiger partial charge in [0.1, 0.15) is 11.4 Å². The van der Waals surface area contributed by atoms with Gasteiger partial charge in [0.2, 0.25) is 0 Å². The van der Waals surface area contributed by atoms with Crippen LogP contribution in [0.3, 0.4) is 0 Å². The fourth-order valence-corrected chi connectivity index (χ4v) is 1.43. The first kappa shape index (κ1) is 14.8. The van der Waals surface area contributed by atoms with Crippen LogP contribution in [-0.2, 0) is 11.2 Å². The maximum atomic E-state index is 11.5. The lowest BCUT2D eigenvalue weighted by Gasteiger charge is -2.20. The molecule has 19 heavy (non-hydrogen) atoms. The van der Waals surface area contributed by atoms with Crippen LogP contribution in [-0.4, -0.2) is 22.6 Å². The molecule has 1 aromatic rings. The number of phenolic OH excluding ortho intramolecular Hbond substituents is 1. The topological polar surface area (TPSA) is 108 Å². The van der Waals surface area contributed by atoms with E-state index in [9.17, 15) is 9.90 Å². The van der Waals surface area contributed by atoms with Gasteiger partial charge in [0.25, 0.3) is 0 Å². The van der Waals surface area contributed by atoms with Gasteiger partial charge < -0.3 is 15.6 Å². The molecule has 0 aliphatic rings. The molecule has 1 rings (SSSR count). The molecule has 1 amide bonds. The summed E-state index contributed by atoms with van der Waals surface area (Å²) >= 11 is 0. The molecule has 1 aromatic carbocycles. The van der Waals surface area contributed by atoms with Gasteiger partial charge in [-0.3, -0.25) is 10.7 Å². The fourth-order valence-electron chi connectivity index (χ4n) is 1.43. The van der Waals surface area contributed by atoms with E-state index in [4.69, 9.17) is 15.9 Å². The van der Waals surface area contributed by atoms with Crippen molar-refractivity contribution in [2.75, 3.05) is 5.32 Å². The monoisotopic (exact) mass is 265 g/mol. The van der Waals surface area contributed by atoms with E-state index in [1.165, 1.54) is 12.1 Å². The van der Waals surface area contributed by atoms with Crippen LogP contribution in [0, 0.1) is 5.41 Å². The third-order valence-corrected chi connectivity index (χ3v) is 2.09. The first-order valence-corrected chi connectivity index (χ1v) is 5.82. The van der Waals surface area contributed by atoms with Gasteiger partial charge in [-0.05, 0) is 38.5 Å². The second-order valence-corrected chi connectivity index (χ2v) is 5.18. The van der Waals surface area contributed by atoms with Crippen molar-refractivity contribution in [2.24, 2.45) is 5.73 Å². The molecule has 6 heteroatoms. The number of anilines is 1. The molecule has 104 valence electrons. The lowest BCUT2D eigenvalue weighted by atomic mass is 10.1. The number of amides is 1. The molecular weight excluding hydrogens is 246 g/mol. The second-order valence-electron chi connectivity index (χ2n) is 5.18. The molecule has 0 atom stereocenters. The Hall–Kier alpha value is -2.24. The smallest absolute Gasteiger partial charge is 0.412 e. The van der Waals surface area contributed by atoms with Gasteiger partial charge in [0.15, 0.2) is 0 Å². The van der Waals surface area contributed by atoms with Gasteiger partial charge in [-0.2, -0.15) is 0 Å². The van der Waals surface area contributed by atoms with Gasteiger partial charge in [-0.1, -0.05) is 6.07 Å². The van der Waals surface area contributed by atoms with Crippen LogP contribution in [0.25, 0.3) is 0 Å². The highest BCUT2D eigenvalue weighted by Gasteiger charge is 2.17. The quantitative estimate of drug-likeness (QED) is 0.381. The van der Waals surface area contributed by atoms with E-state index in [1.54, 1.807) is 26.8 Å². The average molecular weight is 265 g/mol. The summed E-state index contributed by atoms with van der Waals surface area (Å²) in [4.78, 5) is 11.5. The molecule has 0 aliphatic carbocycles. The van der Waals surface area contributed by atoms with Crippen molar-refractivity contribution in [2.45, 2.75) is 32.8 Å². The Balaban J connectivity index is 2.75. The van der Waals surface area contributed by atoms with Gasteiger partial charge in [-0.25, -0.2) is 4.79 Å². The SMILES string of the molecule is CC(C)(C)OC(=O)Nc1ccc(CC(=N)N)cc1O. The molecular formula is C13H19N3O3.